The predicted molar refractivity (Wildman–Crippen MR) is 117 cm³/mol. The minimum Gasteiger partial charge on any atom is -0.334 e. The number of rotatable bonds is 5. The third-order valence-corrected chi connectivity index (χ3v) is 6.13. The van der Waals surface area contributed by atoms with Crippen molar-refractivity contribution in [3.8, 4) is 0 Å². The second kappa shape index (κ2) is 9.37. The molecular weight excluding hydrogens is 395 g/mol. The van der Waals surface area contributed by atoms with Gasteiger partial charge in [0.1, 0.15) is 5.82 Å². The van der Waals surface area contributed by atoms with Crippen molar-refractivity contribution in [2.75, 3.05) is 26.2 Å². The van der Waals surface area contributed by atoms with E-state index in [0.717, 1.165) is 37.1 Å². The maximum atomic E-state index is 13.0. The number of nitrogens with zero attached hydrogens (tertiary/aromatic N) is 3. The van der Waals surface area contributed by atoms with Gasteiger partial charge in [-0.3, -0.25) is 0 Å². The molecule has 1 N–H and O–H groups in total. The van der Waals surface area contributed by atoms with E-state index in [4.69, 9.17) is 0 Å². The molecule has 0 saturated carbocycles. The average molecular weight is 425 g/mol. The Morgan fingerprint density at radius 1 is 1.03 bits per heavy atom. The molecule has 0 spiro atoms. The number of carbonyl (C=O) groups is 2. The van der Waals surface area contributed by atoms with E-state index in [2.05, 4.69) is 30.4 Å². The minimum atomic E-state index is -0.286. The van der Waals surface area contributed by atoms with E-state index in [1.807, 2.05) is 15.9 Å². The molecule has 0 unspecified atom stereocenters. The van der Waals surface area contributed by atoms with Crippen LogP contribution in [-0.4, -0.2) is 59.0 Å². The van der Waals surface area contributed by atoms with Crippen LogP contribution in [0.3, 0.4) is 0 Å². The molecule has 0 aromatic heterocycles. The van der Waals surface area contributed by atoms with E-state index in [-0.39, 0.29) is 23.9 Å². The molecule has 31 heavy (non-hydrogen) atoms. The van der Waals surface area contributed by atoms with E-state index >= 15 is 0 Å². The molecule has 7 heteroatoms. The van der Waals surface area contributed by atoms with Crippen molar-refractivity contribution >= 4 is 12.1 Å². The largest absolute Gasteiger partial charge is 0.334 e. The highest BCUT2D eigenvalue weighted by atomic mass is 19.1. The summed E-state index contributed by atoms with van der Waals surface area (Å²) in [6.45, 7) is 5.81. The van der Waals surface area contributed by atoms with Crippen molar-refractivity contribution < 1.29 is 14.0 Å². The van der Waals surface area contributed by atoms with Gasteiger partial charge in [-0.05, 0) is 43.0 Å². The molecule has 6 nitrogen and oxygen atoms in total. The van der Waals surface area contributed by atoms with E-state index in [9.17, 15) is 14.0 Å². The van der Waals surface area contributed by atoms with Gasteiger partial charge in [0.15, 0.2) is 0 Å². The Bertz CT molecular complexity index is 925. The maximum absolute atomic E-state index is 13.0. The van der Waals surface area contributed by atoms with Crippen LogP contribution in [-0.2, 0) is 13.1 Å². The number of nitrogens with one attached hydrogen (secondary N) is 1. The molecule has 2 aliphatic heterocycles. The Morgan fingerprint density at radius 2 is 1.77 bits per heavy atom. The van der Waals surface area contributed by atoms with Crippen molar-refractivity contribution in [3.05, 3.63) is 71.0 Å². The molecular formula is C24H29FN4O2. The highest BCUT2D eigenvalue weighted by molar-refractivity contribution is 5.77. The van der Waals surface area contributed by atoms with Crippen LogP contribution in [0.1, 0.15) is 29.5 Å². The molecule has 2 aliphatic rings. The third kappa shape index (κ3) is 5.16. The number of benzene rings is 2. The van der Waals surface area contributed by atoms with Crippen LogP contribution in [0.15, 0.2) is 48.5 Å². The summed E-state index contributed by atoms with van der Waals surface area (Å²) in [6, 6.07) is 14.6. The van der Waals surface area contributed by atoms with Crippen molar-refractivity contribution in [2.24, 2.45) is 0 Å². The molecule has 0 radical (unpaired) electrons. The third-order valence-electron chi connectivity index (χ3n) is 6.13. The van der Waals surface area contributed by atoms with Gasteiger partial charge in [0, 0.05) is 45.3 Å². The van der Waals surface area contributed by atoms with Crippen molar-refractivity contribution in [3.63, 3.8) is 0 Å². The summed E-state index contributed by atoms with van der Waals surface area (Å²) < 4.78 is 13.0. The zero-order chi connectivity index (χ0) is 21.8. The molecule has 0 aliphatic carbocycles. The minimum absolute atomic E-state index is 0.0979. The molecule has 2 aromatic carbocycles. The maximum Gasteiger partial charge on any atom is 0.320 e. The van der Waals surface area contributed by atoms with Crippen molar-refractivity contribution in [1.29, 1.82) is 0 Å². The summed E-state index contributed by atoms with van der Waals surface area (Å²) >= 11 is 0. The molecule has 0 bridgehead atoms. The number of aryl methyl sites for hydroxylation is 1. The lowest BCUT2D eigenvalue weighted by Crippen LogP contribution is -2.50. The lowest BCUT2D eigenvalue weighted by molar-refractivity contribution is 0.134. The summed E-state index contributed by atoms with van der Waals surface area (Å²) in [6.07, 6.45) is 1.57. The average Bonchev–Trinajstić information content (AvgIpc) is 3.13. The monoisotopic (exact) mass is 424 g/mol. The second-order valence-corrected chi connectivity index (χ2v) is 8.39. The highest BCUT2D eigenvalue weighted by Crippen LogP contribution is 2.23. The zero-order valence-electron chi connectivity index (χ0n) is 17.9. The number of likely N-dealkylation sites (tertiary alicyclic amines) is 1. The van der Waals surface area contributed by atoms with E-state index in [0.29, 0.717) is 26.2 Å². The molecule has 2 fully saturated rings. The Balaban J connectivity index is 1.24. The number of urea groups is 2. The van der Waals surface area contributed by atoms with Crippen LogP contribution < -0.4 is 5.32 Å². The predicted octanol–water partition coefficient (Wildman–Crippen LogP) is 3.75. The molecule has 4 amide bonds. The fraction of sp³-hybridized carbons (Fsp3) is 0.417. The topological polar surface area (TPSA) is 55.9 Å². The molecule has 2 heterocycles. The second-order valence-electron chi connectivity index (χ2n) is 8.39. The Kier molecular flexibility index (Phi) is 6.39. The standard InChI is InChI=1S/C24H29FN4O2/c1-18-3-2-4-20(15-18)17-28-13-14-29(24(28)31)22-9-11-27(12-10-22)23(30)26-16-19-5-7-21(25)8-6-19/h2-8,15,22H,9-14,16-17H2,1H3,(H,26,30). The lowest BCUT2D eigenvalue weighted by Gasteiger charge is -2.36. The first-order valence-electron chi connectivity index (χ1n) is 10.9. The van der Waals surface area contributed by atoms with Gasteiger partial charge in [0.2, 0.25) is 0 Å². The number of piperidine rings is 1. The van der Waals surface area contributed by atoms with Gasteiger partial charge in [0.05, 0.1) is 0 Å². The van der Waals surface area contributed by atoms with Crippen LogP contribution in [0.2, 0.25) is 0 Å². The van der Waals surface area contributed by atoms with Crippen LogP contribution in [0.4, 0.5) is 14.0 Å². The van der Waals surface area contributed by atoms with Crippen molar-refractivity contribution in [2.45, 2.75) is 38.9 Å². The summed E-state index contributed by atoms with van der Waals surface area (Å²) in [5.74, 6) is -0.286. The van der Waals surface area contributed by atoms with Crippen LogP contribution in [0.5, 0.6) is 0 Å². The van der Waals surface area contributed by atoms with Crippen LogP contribution in [0.25, 0.3) is 0 Å². The molecule has 0 atom stereocenters. The van der Waals surface area contributed by atoms with Gasteiger partial charge in [0.25, 0.3) is 0 Å². The fourth-order valence-electron chi connectivity index (χ4n) is 4.39. The van der Waals surface area contributed by atoms with Gasteiger partial charge in [-0.15, -0.1) is 0 Å². The quantitative estimate of drug-likeness (QED) is 0.795. The molecule has 4 rings (SSSR count). The normalized spacial score (nSPS) is 17.4. The molecule has 2 saturated heterocycles. The summed E-state index contributed by atoms with van der Waals surface area (Å²) in [5.41, 5.74) is 3.22. The SMILES string of the molecule is Cc1cccc(CN2CCN(C3CCN(C(=O)NCc4ccc(F)cc4)CC3)C2=O)c1. The van der Waals surface area contributed by atoms with E-state index in [1.54, 1.807) is 17.0 Å². The van der Waals surface area contributed by atoms with E-state index < -0.39 is 0 Å². The summed E-state index contributed by atoms with van der Waals surface area (Å²) in [7, 11) is 0. The highest BCUT2D eigenvalue weighted by Gasteiger charge is 2.35. The molecule has 164 valence electrons. The number of hydrogen-bond donors (Lipinski definition) is 1. The summed E-state index contributed by atoms with van der Waals surface area (Å²) in [4.78, 5) is 31.1. The Labute approximate surface area is 182 Å². The first kappa shape index (κ1) is 21.2. The number of carbonyl (C=O) groups excluding carboxylic acids is 2. The Hall–Kier alpha value is -3.09. The number of amides is 4. The van der Waals surface area contributed by atoms with E-state index in [1.165, 1.54) is 17.7 Å². The fourth-order valence-corrected chi connectivity index (χ4v) is 4.39. The lowest BCUT2D eigenvalue weighted by atomic mass is 10.0. The molecule has 2 aromatic rings. The van der Waals surface area contributed by atoms with Gasteiger partial charge in [-0.2, -0.15) is 0 Å². The van der Waals surface area contributed by atoms with Crippen LogP contribution in [0, 0.1) is 12.7 Å². The van der Waals surface area contributed by atoms with Gasteiger partial charge in [-0.25, -0.2) is 14.0 Å². The number of hydrogen-bond acceptors (Lipinski definition) is 2. The van der Waals surface area contributed by atoms with Gasteiger partial charge in [-0.1, -0.05) is 42.0 Å². The first-order chi connectivity index (χ1) is 15.0. The first-order valence-corrected chi connectivity index (χ1v) is 10.9. The Morgan fingerprint density at radius 3 is 2.48 bits per heavy atom. The smallest absolute Gasteiger partial charge is 0.320 e. The van der Waals surface area contributed by atoms with Gasteiger partial charge >= 0.3 is 12.1 Å². The van der Waals surface area contributed by atoms with Gasteiger partial charge < -0.3 is 20.0 Å². The summed E-state index contributed by atoms with van der Waals surface area (Å²) in [5, 5.41) is 2.90. The number of halogens is 1. The van der Waals surface area contributed by atoms with Crippen LogP contribution >= 0.6 is 0 Å². The van der Waals surface area contributed by atoms with Crippen molar-refractivity contribution in [1.82, 2.24) is 20.0 Å². The zero-order valence-corrected chi connectivity index (χ0v) is 17.9.